The molecule has 0 aromatic rings. The fourth-order valence-corrected chi connectivity index (χ4v) is 2.88. The zero-order valence-electron chi connectivity index (χ0n) is 8.86. The molecule has 0 heterocycles. The largest absolute Gasteiger partial charge is 0.369 e. The summed E-state index contributed by atoms with van der Waals surface area (Å²) in [4.78, 5) is 10.8. The molecule has 0 spiro atoms. The van der Waals surface area contributed by atoms with Crippen LogP contribution in [-0.2, 0) is 18.4 Å². The molecule has 0 aliphatic heterocycles. The van der Waals surface area contributed by atoms with E-state index in [1.807, 2.05) is 0 Å². The van der Waals surface area contributed by atoms with Crippen molar-refractivity contribution in [3.05, 3.63) is 0 Å². The highest BCUT2D eigenvalue weighted by molar-refractivity contribution is 7.53. The van der Waals surface area contributed by atoms with E-state index in [4.69, 9.17) is 14.8 Å². The molecule has 0 aliphatic rings. The van der Waals surface area contributed by atoms with E-state index in [0.29, 0.717) is 13.2 Å². The van der Waals surface area contributed by atoms with Crippen LogP contribution in [0.4, 0.5) is 0 Å². The second-order valence-electron chi connectivity index (χ2n) is 2.93. The lowest BCUT2D eigenvalue weighted by Gasteiger charge is -2.18. The molecular formula is C8H18NO4P. The van der Waals surface area contributed by atoms with Crippen LogP contribution >= 0.6 is 7.60 Å². The fourth-order valence-electron chi connectivity index (χ4n) is 0.961. The standard InChI is InChI=1S/C8H18NO4P/c1-4-12-14(11,13-5-2)6-7(3)8(9)10/h7H,4-6H2,1-3H3,(H2,9,10). The normalized spacial score (nSPS) is 13.9. The summed E-state index contributed by atoms with van der Waals surface area (Å²) in [6.07, 6.45) is 0.0456. The number of primary amides is 1. The van der Waals surface area contributed by atoms with Crippen LogP contribution in [0.1, 0.15) is 20.8 Å². The molecule has 0 rings (SSSR count). The highest BCUT2D eigenvalue weighted by atomic mass is 31.2. The Labute approximate surface area is 84.5 Å². The van der Waals surface area contributed by atoms with Crippen molar-refractivity contribution in [3.63, 3.8) is 0 Å². The Balaban J connectivity index is 4.35. The quantitative estimate of drug-likeness (QED) is 0.661. The van der Waals surface area contributed by atoms with Crippen molar-refractivity contribution >= 4 is 13.5 Å². The monoisotopic (exact) mass is 223 g/mol. The lowest BCUT2D eigenvalue weighted by Crippen LogP contribution is -2.24. The average molecular weight is 223 g/mol. The van der Waals surface area contributed by atoms with E-state index in [-0.39, 0.29) is 6.16 Å². The lowest BCUT2D eigenvalue weighted by atomic mass is 10.2. The Morgan fingerprint density at radius 1 is 1.36 bits per heavy atom. The van der Waals surface area contributed by atoms with E-state index >= 15 is 0 Å². The second kappa shape index (κ2) is 6.17. The Bertz CT molecular complexity index is 221. The van der Waals surface area contributed by atoms with E-state index in [2.05, 4.69) is 0 Å². The van der Waals surface area contributed by atoms with Crippen molar-refractivity contribution in [2.24, 2.45) is 11.7 Å². The number of rotatable bonds is 7. The molecule has 0 saturated carbocycles. The van der Waals surface area contributed by atoms with E-state index in [1.165, 1.54) is 0 Å². The molecule has 0 aromatic carbocycles. The molecule has 5 nitrogen and oxygen atoms in total. The summed E-state index contributed by atoms with van der Waals surface area (Å²) in [6.45, 7) is 5.64. The highest BCUT2D eigenvalue weighted by Crippen LogP contribution is 2.49. The predicted molar refractivity (Wildman–Crippen MR) is 54.1 cm³/mol. The van der Waals surface area contributed by atoms with Crippen molar-refractivity contribution in [2.45, 2.75) is 20.8 Å². The minimum absolute atomic E-state index is 0.0456. The van der Waals surface area contributed by atoms with Crippen LogP contribution < -0.4 is 5.73 Å². The van der Waals surface area contributed by atoms with Gasteiger partial charge in [-0.2, -0.15) is 0 Å². The zero-order valence-corrected chi connectivity index (χ0v) is 9.75. The third kappa shape index (κ3) is 4.74. The summed E-state index contributed by atoms with van der Waals surface area (Å²) in [5, 5.41) is 0. The van der Waals surface area contributed by atoms with Crippen molar-refractivity contribution < 1.29 is 18.4 Å². The second-order valence-corrected chi connectivity index (χ2v) is 5.04. The Hall–Kier alpha value is -0.380. The average Bonchev–Trinajstić information content (AvgIpc) is 2.04. The van der Waals surface area contributed by atoms with Gasteiger partial charge in [0.2, 0.25) is 5.91 Å². The molecule has 0 bridgehead atoms. The fraction of sp³-hybridized carbons (Fsp3) is 0.875. The summed E-state index contributed by atoms with van der Waals surface area (Å²) in [6, 6.07) is 0. The Morgan fingerprint density at radius 3 is 2.07 bits per heavy atom. The lowest BCUT2D eigenvalue weighted by molar-refractivity contribution is -0.120. The number of nitrogens with two attached hydrogens (primary N) is 1. The topological polar surface area (TPSA) is 78.6 Å². The molecular weight excluding hydrogens is 205 g/mol. The molecule has 0 saturated heterocycles. The number of hydrogen-bond donors (Lipinski definition) is 1. The van der Waals surface area contributed by atoms with Crippen LogP contribution in [0.25, 0.3) is 0 Å². The molecule has 1 amide bonds. The summed E-state index contributed by atoms with van der Waals surface area (Å²) in [7, 11) is -3.13. The molecule has 84 valence electrons. The van der Waals surface area contributed by atoms with Crippen molar-refractivity contribution in [2.75, 3.05) is 19.4 Å². The minimum atomic E-state index is -3.13. The number of hydrogen-bond acceptors (Lipinski definition) is 4. The van der Waals surface area contributed by atoms with Gasteiger partial charge in [0.15, 0.2) is 0 Å². The van der Waals surface area contributed by atoms with Crippen LogP contribution in [0.3, 0.4) is 0 Å². The van der Waals surface area contributed by atoms with Crippen LogP contribution in [0.5, 0.6) is 0 Å². The Kier molecular flexibility index (Phi) is 6.00. The summed E-state index contributed by atoms with van der Waals surface area (Å²) in [5.74, 6) is -0.997. The van der Waals surface area contributed by atoms with Crippen LogP contribution in [0.15, 0.2) is 0 Å². The van der Waals surface area contributed by atoms with Gasteiger partial charge in [-0.25, -0.2) is 0 Å². The van der Waals surface area contributed by atoms with Crippen molar-refractivity contribution in [1.29, 1.82) is 0 Å². The SMILES string of the molecule is CCOP(=O)(CC(C)C(N)=O)OCC. The van der Waals surface area contributed by atoms with Gasteiger partial charge in [0.25, 0.3) is 0 Å². The van der Waals surface area contributed by atoms with Gasteiger partial charge in [-0.1, -0.05) is 6.92 Å². The summed E-state index contributed by atoms with van der Waals surface area (Å²) >= 11 is 0. The minimum Gasteiger partial charge on any atom is -0.369 e. The first-order valence-corrected chi connectivity index (χ1v) is 6.35. The van der Waals surface area contributed by atoms with Gasteiger partial charge in [0.1, 0.15) is 0 Å². The Morgan fingerprint density at radius 2 is 1.79 bits per heavy atom. The summed E-state index contributed by atoms with van der Waals surface area (Å²) in [5.41, 5.74) is 5.06. The van der Waals surface area contributed by atoms with Crippen molar-refractivity contribution in [3.8, 4) is 0 Å². The number of amides is 1. The van der Waals surface area contributed by atoms with Gasteiger partial charge in [-0.15, -0.1) is 0 Å². The highest BCUT2D eigenvalue weighted by Gasteiger charge is 2.28. The molecule has 6 heteroatoms. The first-order valence-electron chi connectivity index (χ1n) is 4.62. The van der Waals surface area contributed by atoms with Gasteiger partial charge in [-0.05, 0) is 13.8 Å². The first-order chi connectivity index (χ1) is 6.45. The third-order valence-electron chi connectivity index (χ3n) is 1.63. The van der Waals surface area contributed by atoms with Crippen LogP contribution in [-0.4, -0.2) is 25.3 Å². The van der Waals surface area contributed by atoms with Gasteiger partial charge in [0.05, 0.1) is 19.4 Å². The maximum Gasteiger partial charge on any atom is 0.331 e. The van der Waals surface area contributed by atoms with Gasteiger partial charge >= 0.3 is 7.60 Å². The van der Waals surface area contributed by atoms with Crippen molar-refractivity contribution in [1.82, 2.24) is 0 Å². The molecule has 0 fully saturated rings. The van der Waals surface area contributed by atoms with E-state index in [0.717, 1.165) is 0 Å². The smallest absolute Gasteiger partial charge is 0.331 e. The van der Waals surface area contributed by atoms with Crippen LogP contribution in [0.2, 0.25) is 0 Å². The van der Waals surface area contributed by atoms with Gasteiger partial charge < -0.3 is 14.8 Å². The first kappa shape index (κ1) is 13.6. The van der Waals surface area contributed by atoms with E-state index in [1.54, 1.807) is 20.8 Å². The van der Waals surface area contributed by atoms with Gasteiger partial charge in [-0.3, -0.25) is 9.36 Å². The predicted octanol–water partition coefficient (Wildman–Crippen LogP) is 1.37. The van der Waals surface area contributed by atoms with E-state index in [9.17, 15) is 9.36 Å². The molecule has 1 unspecified atom stereocenters. The van der Waals surface area contributed by atoms with Crippen LogP contribution in [0, 0.1) is 5.92 Å². The van der Waals surface area contributed by atoms with Gasteiger partial charge in [0, 0.05) is 5.92 Å². The third-order valence-corrected chi connectivity index (χ3v) is 3.93. The molecule has 1 atom stereocenters. The number of carbonyl (C=O) groups is 1. The number of carbonyl (C=O) groups excluding carboxylic acids is 1. The molecule has 0 aromatic heterocycles. The summed E-state index contributed by atoms with van der Waals surface area (Å²) < 4.78 is 21.9. The molecule has 0 radical (unpaired) electrons. The maximum absolute atomic E-state index is 11.9. The molecule has 2 N–H and O–H groups in total. The molecule has 14 heavy (non-hydrogen) atoms. The maximum atomic E-state index is 11.9. The zero-order chi connectivity index (χ0) is 11.2. The molecule has 0 aliphatic carbocycles. The van der Waals surface area contributed by atoms with E-state index < -0.39 is 19.4 Å².